The maximum Gasteiger partial charge on any atom is 0.349 e. The number of aromatic nitrogens is 4. The Labute approximate surface area is 192 Å². The first-order valence-electron chi connectivity index (χ1n) is 10.2. The lowest BCUT2D eigenvalue weighted by Gasteiger charge is -2.09. The number of anilines is 3. The molecular formula is C24H18N6O4. The fourth-order valence-corrected chi connectivity index (χ4v) is 3.37. The van der Waals surface area contributed by atoms with Crippen LogP contribution in [0.25, 0.3) is 16.8 Å². The van der Waals surface area contributed by atoms with Crippen LogP contribution in [0.4, 0.5) is 17.2 Å². The Balaban J connectivity index is 1.31. The van der Waals surface area contributed by atoms with Gasteiger partial charge in [-0.05, 0) is 42.5 Å². The molecule has 2 N–H and O–H groups in total. The molecule has 2 aromatic carbocycles. The van der Waals surface area contributed by atoms with Gasteiger partial charge in [-0.3, -0.25) is 4.79 Å². The average molecular weight is 454 g/mol. The Bertz CT molecular complexity index is 1530. The van der Waals surface area contributed by atoms with Crippen LogP contribution in [0.1, 0.15) is 10.4 Å². The summed E-state index contributed by atoms with van der Waals surface area (Å²) in [6.45, 7) is 0. The molecule has 34 heavy (non-hydrogen) atoms. The van der Waals surface area contributed by atoms with E-state index in [-0.39, 0.29) is 5.56 Å². The summed E-state index contributed by atoms with van der Waals surface area (Å²) in [6, 6.07) is 17.2. The van der Waals surface area contributed by atoms with Gasteiger partial charge >= 0.3 is 5.63 Å². The van der Waals surface area contributed by atoms with Gasteiger partial charge in [0.25, 0.3) is 5.91 Å². The van der Waals surface area contributed by atoms with E-state index in [1.165, 1.54) is 19.5 Å². The predicted molar refractivity (Wildman–Crippen MR) is 126 cm³/mol. The minimum atomic E-state index is -0.746. The first-order chi connectivity index (χ1) is 16.6. The number of nitrogens with zero attached hydrogens (tertiary/aromatic N) is 4. The van der Waals surface area contributed by atoms with Crippen molar-refractivity contribution in [2.45, 2.75) is 0 Å². The van der Waals surface area contributed by atoms with Crippen molar-refractivity contribution in [3.63, 3.8) is 0 Å². The van der Waals surface area contributed by atoms with E-state index in [4.69, 9.17) is 9.15 Å². The Morgan fingerprint density at radius 2 is 1.85 bits per heavy atom. The van der Waals surface area contributed by atoms with Crippen LogP contribution in [0.5, 0.6) is 5.75 Å². The van der Waals surface area contributed by atoms with Gasteiger partial charge in [-0.25, -0.2) is 19.4 Å². The molecule has 5 aromatic rings. The molecule has 0 radical (unpaired) electrons. The van der Waals surface area contributed by atoms with Crippen LogP contribution < -0.4 is 21.0 Å². The van der Waals surface area contributed by atoms with Gasteiger partial charge in [0.15, 0.2) is 17.2 Å². The fourth-order valence-electron chi connectivity index (χ4n) is 3.37. The molecule has 0 saturated carbocycles. The topological polar surface area (TPSA) is 124 Å². The summed E-state index contributed by atoms with van der Waals surface area (Å²) in [7, 11) is 1.48. The highest BCUT2D eigenvalue weighted by Gasteiger charge is 2.16. The first-order valence-corrected chi connectivity index (χ1v) is 10.2. The third-order valence-electron chi connectivity index (χ3n) is 5.00. The van der Waals surface area contributed by atoms with E-state index in [9.17, 15) is 9.59 Å². The highest BCUT2D eigenvalue weighted by Crippen LogP contribution is 2.25. The number of fused-ring (bicyclic) bond motifs is 1. The van der Waals surface area contributed by atoms with Gasteiger partial charge in [0.1, 0.15) is 17.7 Å². The number of carbonyl (C=O) groups excluding carboxylic acids is 1. The van der Waals surface area contributed by atoms with E-state index in [2.05, 4.69) is 25.7 Å². The summed E-state index contributed by atoms with van der Waals surface area (Å²) in [4.78, 5) is 33.5. The van der Waals surface area contributed by atoms with Crippen molar-refractivity contribution in [1.29, 1.82) is 0 Å². The van der Waals surface area contributed by atoms with Gasteiger partial charge in [-0.2, -0.15) is 5.10 Å². The van der Waals surface area contributed by atoms with Crippen LogP contribution in [0.15, 0.2) is 88.6 Å². The second-order valence-corrected chi connectivity index (χ2v) is 7.19. The van der Waals surface area contributed by atoms with Gasteiger partial charge in [0.05, 0.1) is 7.11 Å². The van der Waals surface area contributed by atoms with Crippen molar-refractivity contribution in [3.05, 3.63) is 95.4 Å². The summed E-state index contributed by atoms with van der Waals surface area (Å²) in [5.41, 5.74) is 0.711. The molecule has 0 unspecified atom stereocenters. The molecule has 5 rings (SSSR count). The van der Waals surface area contributed by atoms with Crippen molar-refractivity contribution in [1.82, 2.24) is 19.7 Å². The van der Waals surface area contributed by atoms with Gasteiger partial charge < -0.3 is 19.8 Å². The van der Waals surface area contributed by atoms with Crippen LogP contribution in [0, 0.1) is 0 Å². The number of benzene rings is 2. The number of hydrogen-bond acceptors (Lipinski definition) is 8. The summed E-state index contributed by atoms with van der Waals surface area (Å²) >= 11 is 0. The number of carbonyl (C=O) groups is 1. The van der Waals surface area contributed by atoms with Crippen LogP contribution in [-0.4, -0.2) is 32.8 Å². The lowest BCUT2D eigenvalue weighted by Crippen LogP contribution is -2.20. The van der Waals surface area contributed by atoms with E-state index in [0.717, 1.165) is 5.69 Å². The minimum Gasteiger partial charge on any atom is -0.493 e. The highest BCUT2D eigenvalue weighted by atomic mass is 16.5. The second-order valence-electron chi connectivity index (χ2n) is 7.19. The van der Waals surface area contributed by atoms with E-state index >= 15 is 0 Å². The van der Waals surface area contributed by atoms with Crippen LogP contribution in [-0.2, 0) is 0 Å². The van der Waals surface area contributed by atoms with E-state index < -0.39 is 11.5 Å². The number of methoxy groups -OCH3 is 1. The van der Waals surface area contributed by atoms with E-state index in [1.54, 1.807) is 71.7 Å². The third kappa shape index (κ3) is 4.19. The second kappa shape index (κ2) is 8.87. The largest absolute Gasteiger partial charge is 0.493 e. The van der Waals surface area contributed by atoms with Gasteiger partial charge in [0.2, 0.25) is 0 Å². The maximum absolute atomic E-state index is 12.7. The first kappa shape index (κ1) is 20.9. The Morgan fingerprint density at radius 3 is 2.62 bits per heavy atom. The Morgan fingerprint density at radius 1 is 1.03 bits per heavy atom. The van der Waals surface area contributed by atoms with E-state index in [0.29, 0.717) is 34.0 Å². The molecule has 0 aliphatic heterocycles. The lowest BCUT2D eigenvalue weighted by molar-refractivity contribution is 0.102. The van der Waals surface area contributed by atoms with Crippen LogP contribution in [0.2, 0.25) is 0 Å². The summed E-state index contributed by atoms with van der Waals surface area (Å²) in [6.07, 6.45) is 4.90. The summed E-state index contributed by atoms with van der Waals surface area (Å²) in [5, 5.41) is 10.6. The molecule has 3 aromatic heterocycles. The number of para-hydroxylation sites is 1. The van der Waals surface area contributed by atoms with Crippen LogP contribution in [0.3, 0.4) is 0 Å². The van der Waals surface area contributed by atoms with Gasteiger partial charge in [-0.1, -0.05) is 12.1 Å². The average Bonchev–Trinajstić information content (AvgIpc) is 3.40. The molecule has 0 aliphatic rings. The van der Waals surface area contributed by atoms with Crippen molar-refractivity contribution >= 4 is 34.1 Å². The Hall–Kier alpha value is -4.99. The Kier molecular flexibility index (Phi) is 5.45. The molecule has 0 spiro atoms. The molecule has 10 heteroatoms. The molecule has 1 amide bonds. The fraction of sp³-hybridized carbons (Fsp3) is 0.0417. The minimum absolute atomic E-state index is 0.102. The number of amides is 1. The number of rotatable bonds is 6. The predicted octanol–water partition coefficient (Wildman–Crippen LogP) is 3.77. The number of ether oxygens (including phenoxy) is 1. The molecule has 3 heterocycles. The summed E-state index contributed by atoms with van der Waals surface area (Å²) in [5.74, 6) is 1.06. The van der Waals surface area contributed by atoms with Crippen LogP contribution >= 0.6 is 0 Å². The van der Waals surface area contributed by atoms with Gasteiger partial charge in [-0.15, -0.1) is 0 Å². The zero-order chi connectivity index (χ0) is 23.5. The molecule has 0 atom stereocenters. The standard InChI is InChI=1S/C24H18N6O4/c1-33-19-5-2-4-15-12-18(24(32)34-22(15)19)23(31)29-17-8-6-16(7-9-17)28-20-13-21(26-14-25-20)30-11-3-10-27-30/h2-14H,1H3,(H,29,31)(H,25,26,28). The molecule has 10 nitrogen and oxygen atoms in total. The molecule has 0 saturated heterocycles. The smallest absolute Gasteiger partial charge is 0.349 e. The zero-order valence-electron chi connectivity index (χ0n) is 17.9. The lowest BCUT2D eigenvalue weighted by atomic mass is 10.1. The van der Waals surface area contributed by atoms with Crippen molar-refractivity contribution < 1.29 is 13.9 Å². The maximum atomic E-state index is 12.7. The number of nitrogens with one attached hydrogen (secondary N) is 2. The third-order valence-corrected chi connectivity index (χ3v) is 5.00. The molecule has 0 bridgehead atoms. The molecule has 0 fully saturated rings. The zero-order valence-corrected chi connectivity index (χ0v) is 17.9. The van der Waals surface area contributed by atoms with Crippen molar-refractivity contribution in [2.75, 3.05) is 17.7 Å². The van der Waals surface area contributed by atoms with Crippen molar-refractivity contribution in [2.24, 2.45) is 0 Å². The van der Waals surface area contributed by atoms with Crippen molar-refractivity contribution in [3.8, 4) is 11.6 Å². The molecular weight excluding hydrogens is 436 g/mol. The van der Waals surface area contributed by atoms with Gasteiger partial charge in [0, 0.05) is 35.2 Å². The molecule has 168 valence electrons. The normalized spacial score (nSPS) is 10.7. The SMILES string of the molecule is COc1cccc2cc(C(=O)Nc3ccc(Nc4cc(-n5cccn5)ncn4)cc3)c(=O)oc12. The summed E-state index contributed by atoms with van der Waals surface area (Å²) < 4.78 is 12.2. The highest BCUT2D eigenvalue weighted by molar-refractivity contribution is 6.05. The number of hydrogen-bond donors (Lipinski definition) is 2. The molecule has 0 aliphatic carbocycles. The monoisotopic (exact) mass is 454 g/mol. The van der Waals surface area contributed by atoms with E-state index in [1.807, 2.05) is 0 Å². The quantitative estimate of drug-likeness (QED) is 0.372.